The minimum absolute atomic E-state index is 0.0275. The molecule has 18 heavy (non-hydrogen) atoms. The van der Waals surface area contributed by atoms with Crippen LogP contribution in [0.25, 0.3) is 0 Å². The van der Waals surface area contributed by atoms with Crippen LogP contribution in [-0.2, 0) is 15.4 Å². The highest BCUT2D eigenvalue weighted by atomic mass is 32.2. The average Bonchev–Trinajstić information content (AvgIpc) is 2.13. The van der Waals surface area contributed by atoms with Gasteiger partial charge in [0.05, 0.1) is 4.90 Å². The highest BCUT2D eigenvalue weighted by Gasteiger charge is 2.22. The van der Waals surface area contributed by atoms with Crippen LogP contribution < -0.4 is 4.72 Å². The molecule has 0 aliphatic rings. The maximum atomic E-state index is 12.1. The molecule has 0 amide bonds. The van der Waals surface area contributed by atoms with E-state index in [4.69, 9.17) is 0 Å². The molecule has 4 heteroatoms. The summed E-state index contributed by atoms with van der Waals surface area (Å²) >= 11 is 0. The van der Waals surface area contributed by atoms with Gasteiger partial charge in [0.1, 0.15) is 0 Å². The van der Waals surface area contributed by atoms with Gasteiger partial charge in [-0.3, -0.25) is 0 Å². The number of rotatable bonds is 2. The van der Waals surface area contributed by atoms with Gasteiger partial charge in [0.25, 0.3) is 0 Å². The Labute approximate surface area is 111 Å². The first-order valence-corrected chi connectivity index (χ1v) is 7.55. The average molecular weight is 269 g/mol. The number of sulfonamides is 1. The van der Waals surface area contributed by atoms with Gasteiger partial charge in [-0.1, -0.05) is 32.9 Å². The van der Waals surface area contributed by atoms with Crippen LogP contribution in [-0.4, -0.2) is 14.0 Å². The number of benzene rings is 1. The second kappa shape index (κ2) is 4.67. The van der Waals surface area contributed by atoms with Crippen LogP contribution in [0.4, 0.5) is 0 Å². The van der Waals surface area contributed by atoms with E-state index in [9.17, 15) is 8.42 Å². The first kappa shape index (κ1) is 15.2. The van der Waals surface area contributed by atoms with Crippen LogP contribution in [0.5, 0.6) is 0 Å². The van der Waals surface area contributed by atoms with Crippen molar-refractivity contribution in [2.75, 3.05) is 0 Å². The molecule has 0 unspecified atom stereocenters. The molecule has 1 rings (SSSR count). The van der Waals surface area contributed by atoms with E-state index in [-0.39, 0.29) is 5.41 Å². The van der Waals surface area contributed by atoms with Crippen LogP contribution in [0.2, 0.25) is 0 Å². The fraction of sp³-hybridized carbons (Fsp3) is 0.571. The molecule has 0 aliphatic carbocycles. The number of hydrogen-bond acceptors (Lipinski definition) is 2. The van der Waals surface area contributed by atoms with Gasteiger partial charge >= 0.3 is 0 Å². The summed E-state index contributed by atoms with van der Waals surface area (Å²) in [5, 5.41) is 0. The van der Waals surface area contributed by atoms with E-state index >= 15 is 0 Å². The van der Waals surface area contributed by atoms with Crippen LogP contribution >= 0.6 is 0 Å². The molecule has 0 aliphatic heterocycles. The molecule has 0 saturated carbocycles. The first-order chi connectivity index (χ1) is 7.92. The SMILES string of the molecule is CC(C)(C)NS(=O)(=O)c1ccc(C(C)(C)C)cc1. The van der Waals surface area contributed by atoms with Gasteiger partial charge in [-0.15, -0.1) is 0 Å². The summed E-state index contributed by atoms with van der Waals surface area (Å²) in [4.78, 5) is 0.311. The van der Waals surface area contributed by atoms with E-state index in [0.29, 0.717) is 4.90 Å². The Morgan fingerprint density at radius 1 is 0.889 bits per heavy atom. The number of hydrogen-bond donors (Lipinski definition) is 1. The summed E-state index contributed by atoms with van der Waals surface area (Å²) in [7, 11) is -3.43. The molecular formula is C14H23NO2S. The molecule has 0 bridgehead atoms. The topological polar surface area (TPSA) is 46.2 Å². The molecule has 0 fully saturated rings. The lowest BCUT2D eigenvalue weighted by Gasteiger charge is -2.22. The zero-order valence-corrected chi connectivity index (χ0v) is 12.9. The lowest BCUT2D eigenvalue weighted by Crippen LogP contribution is -2.40. The maximum Gasteiger partial charge on any atom is 0.241 e. The molecule has 3 nitrogen and oxygen atoms in total. The smallest absolute Gasteiger partial charge is 0.207 e. The summed E-state index contributed by atoms with van der Waals surface area (Å²) in [5.41, 5.74) is 0.679. The van der Waals surface area contributed by atoms with Crippen molar-refractivity contribution >= 4 is 10.0 Å². The van der Waals surface area contributed by atoms with Crippen LogP contribution in [0.15, 0.2) is 29.2 Å². The van der Waals surface area contributed by atoms with Gasteiger partial charge < -0.3 is 0 Å². The molecule has 0 atom stereocenters. The zero-order valence-electron chi connectivity index (χ0n) is 12.0. The molecule has 0 spiro atoms. The highest BCUT2D eigenvalue weighted by Crippen LogP contribution is 2.23. The molecule has 0 heterocycles. The molecule has 0 radical (unpaired) electrons. The molecule has 0 aromatic heterocycles. The summed E-state index contributed by atoms with van der Waals surface area (Å²) in [6, 6.07) is 7.07. The molecule has 1 aromatic carbocycles. The van der Waals surface area contributed by atoms with Crippen LogP contribution in [0.1, 0.15) is 47.1 Å². The molecule has 1 N–H and O–H groups in total. The van der Waals surface area contributed by atoms with Crippen molar-refractivity contribution in [1.29, 1.82) is 0 Å². The number of nitrogens with one attached hydrogen (secondary N) is 1. The maximum absolute atomic E-state index is 12.1. The predicted molar refractivity (Wildman–Crippen MR) is 75.2 cm³/mol. The fourth-order valence-electron chi connectivity index (χ4n) is 1.60. The van der Waals surface area contributed by atoms with Crippen molar-refractivity contribution < 1.29 is 8.42 Å². The summed E-state index contributed by atoms with van der Waals surface area (Å²) in [6.07, 6.45) is 0. The van der Waals surface area contributed by atoms with E-state index < -0.39 is 15.6 Å². The van der Waals surface area contributed by atoms with Gasteiger partial charge in [-0.25, -0.2) is 13.1 Å². The Morgan fingerprint density at radius 2 is 1.33 bits per heavy atom. The third-order valence-corrected chi connectivity index (χ3v) is 4.25. The Bertz CT molecular complexity index is 502. The van der Waals surface area contributed by atoms with Gasteiger partial charge in [-0.2, -0.15) is 0 Å². The standard InChI is InChI=1S/C14H23NO2S/c1-13(2,3)11-7-9-12(10-8-11)18(16,17)15-14(4,5)6/h7-10,15H,1-6H3. The second-order valence-electron chi connectivity index (χ2n) is 6.63. The van der Waals surface area contributed by atoms with Crippen LogP contribution in [0, 0.1) is 0 Å². The van der Waals surface area contributed by atoms with E-state index in [2.05, 4.69) is 25.5 Å². The minimum Gasteiger partial charge on any atom is -0.207 e. The monoisotopic (exact) mass is 269 g/mol. The Kier molecular flexibility index (Phi) is 3.94. The fourth-order valence-corrected chi connectivity index (χ4v) is 3.01. The van der Waals surface area contributed by atoms with E-state index in [1.54, 1.807) is 12.1 Å². The second-order valence-corrected chi connectivity index (χ2v) is 8.31. The quantitative estimate of drug-likeness (QED) is 0.897. The normalized spacial score (nSPS) is 13.7. The lowest BCUT2D eigenvalue weighted by atomic mass is 9.87. The predicted octanol–water partition coefficient (Wildman–Crippen LogP) is 3.06. The summed E-state index contributed by atoms with van der Waals surface area (Å²) in [6.45, 7) is 11.8. The molecular weight excluding hydrogens is 246 g/mol. The van der Waals surface area contributed by atoms with Crippen molar-refractivity contribution in [2.45, 2.75) is 57.4 Å². The lowest BCUT2D eigenvalue weighted by molar-refractivity contribution is 0.491. The zero-order chi connectivity index (χ0) is 14.2. The van der Waals surface area contributed by atoms with Crippen molar-refractivity contribution in [1.82, 2.24) is 4.72 Å². The minimum atomic E-state index is -3.43. The van der Waals surface area contributed by atoms with E-state index in [0.717, 1.165) is 5.56 Å². The van der Waals surface area contributed by atoms with Crippen molar-refractivity contribution in [3.63, 3.8) is 0 Å². The largest absolute Gasteiger partial charge is 0.241 e. The molecule has 1 aromatic rings. The third-order valence-electron chi connectivity index (χ3n) is 2.47. The summed E-state index contributed by atoms with van der Waals surface area (Å²) in [5.74, 6) is 0. The van der Waals surface area contributed by atoms with Gasteiger partial charge in [0.2, 0.25) is 10.0 Å². The van der Waals surface area contributed by atoms with Crippen molar-refractivity contribution in [3.05, 3.63) is 29.8 Å². The van der Waals surface area contributed by atoms with Gasteiger partial charge in [0, 0.05) is 5.54 Å². The van der Waals surface area contributed by atoms with Crippen molar-refractivity contribution in [3.8, 4) is 0 Å². The van der Waals surface area contributed by atoms with Crippen molar-refractivity contribution in [2.24, 2.45) is 0 Å². The molecule has 102 valence electrons. The highest BCUT2D eigenvalue weighted by molar-refractivity contribution is 7.89. The third kappa shape index (κ3) is 4.10. The van der Waals surface area contributed by atoms with Gasteiger partial charge in [0.15, 0.2) is 0 Å². The Hall–Kier alpha value is -0.870. The van der Waals surface area contributed by atoms with E-state index in [1.807, 2.05) is 32.9 Å². The molecule has 0 saturated heterocycles. The van der Waals surface area contributed by atoms with Crippen LogP contribution in [0.3, 0.4) is 0 Å². The summed E-state index contributed by atoms with van der Waals surface area (Å²) < 4.78 is 26.8. The first-order valence-electron chi connectivity index (χ1n) is 6.06. The van der Waals surface area contributed by atoms with E-state index in [1.165, 1.54) is 0 Å². The Morgan fingerprint density at radius 3 is 1.67 bits per heavy atom. The Balaban J connectivity index is 3.06. The van der Waals surface area contributed by atoms with Gasteiger partial charge in [-0.05, 0) is 43.9 Å².